The molecule has 1 aromatic carbocycles. The number of carbonyl (C=O) groups is 2. The highest BCUT2D eigenvalue weighted by Gasteiger charge is 2.23. The fraction of sp³-hybridized carbons (Fsp3) is 0.381. The summed E-state index contributed by atoms with van der Waals surface area (Å²) in [6.07, 6.45) is 6.52. The van der Waals surface area contributed by atoms with E-state index in [0.717, 1.165) is 45.5 Å². The van der Waals surface area contributed by atoms with Crippen LogP contribution < -0.4 is 10.6 Å². The van der Waals surface area contributed by atoms with E-state index in [4.69, 9.17) is 0 Å². The fourth-order valence-corrected chi connectivity index (χ4v) is 5.39. The number of aryl methyl sites for hydroxylation is 1. The minimum Gasteiger partial charge on any atom is -0.351 e. The normalized spacial score (nSPS) is 16.2. The van der Waals surface area contributed by atoms with Crippen LogP contribution in [0.4, 0.5) is 0 Å². The van der Waals surface area contributed by atoms with Gasteiger partial charge in [-0.25, -0.2) is 0 Å². The Hall–Kier alpha value is -2.67. The number of hydrogen-bond donors (Lipinski definition) is 3. The Kier molecular flexibility index (Phi) is 4.39. The molecule has 0 bridgehead atoms. The van der Waals surface area contributed by atoms with Crippen molar-refractivity contribution in [2.24, 2.45) is 0 Å². The van der Waals surface area contributed by atoms with Crippen LogP contribution in [0, 0.1) is 0 Å². The van der Waals surface area contributed by atoms with Gasteiger partial charge in [0.2, 0.25) is 0 Å². The van der Waals surface area contributed by atoms with Crippen molar-refractivity contribution in [3.05, 3.63) is 51.2 Å². The van der Waals surface area contributed by atoms with Crippen LogP contribution in [-0.4, -0.2) is 28.6 Å². The third kappa shape index (κ3) is 2.99. The zero-order valence-corrected chi connectivity index (χ0v) is 16.4. The summed E-state index contributed by atoms with van der Waals surface area (Å²) in [5.41, 5.74) is 5.16. The lowest BCUT2D eigenvalue weighted by Gasteiger charge is -2.12. The summed E-state index contributed by atoms with van der Waals surface area (Å²) in [7, 11) is 0. The Labute approximate surface area is 166 Å². The predicted octanol–water partition coefficient (Wildman–Crippen LogP) is 3.11. The monoisotopic (exact) mass is 394 g/mol. The van der Waals surface area contributed by atoms with Gasteiger partial charge in [-0.2, -0.15) is 5.10 Å². The molecule has 0 spiro atoms. The average Bonchev–Trinajstić information content (AvgIpc) is 3.19. The molecule has 2 aromatic heterocycles. The Morgan fingerprint density at radius 3 is 2.96 bits per heavy atom. The third-order valence-corrected chi connectivity index (χ3v) is 6.94. The number of amides is 2. The van der Waals surface area contributed by atoms with Crippen LogP contribution in [0.5, 0.6) is 0 Å². The fourth-order valence-electron chi connectivity index (χ4n) is 4.24. The molecule has 144 valence electrons. The first kappa shape index (κ1) is 17.4. The van der Waals surface area contributed by atoms with Gasteiger partial charge in [-0.15, -0.1) is 11.3 Å². The average molecular weight is 395 g/mol. The molecule has 1 aliphatic heterocycles. The molecule has 0 saturated carbocycles. The molecule has 2 aliphatic rings. The molecular formula is C21H22N4O2S. The molecule has 0 fully saturated rings. The minimum atomic E-state index is -0.104. The lowest BCUT2D eigenvalue weighted by molar-refractivity contribution is 0.0943. The maximum absolute atomic E-state index is 12.7. The highest BCUT2D eigenvalue weighted by molar-refractivity contribution is 7.21. The first-order valence-electron chi connectivity index (χ1n) is 9.87. The number of nitrogens with zero attached hydrogens (tertiary/aromatic N) is 1. The van der Waals surface area contributed by atoms with E-state index in [1.807, 2.05) is 18.2 Å². The van der Waals surface area contributed by atoms with Gasteiger partial charge in [-0.05, 0) is 66.8 Å². The van der Waals surface area contributed by atoms with Crippen molar-refractivity contribution in [2.75, 3.05) is 6.54 Å². The maximum Gasteiger partial charge on any atom is 0.261 e. The van der Waals surface area contributed by atoms with Crippen molar-refractivity contribution in [1.82, 2.24) is 20.8 Å². The van der Waals surface area contributed by atoms with Crippen LogP contribution in [-0.2, 0) is 25.8 Å². The lowest BCUT2D eigenvalue weighted by Crippen LogP contribution is -2.30. The second kappa shape index (κ2) is 7.05. The van der Waals surface area contributed by atoms with Gasteiger partial charge in [0.15, 0.2) is 0 Å². The Morgan fingerprint density at radius 1 is 1.14 bits per heavy atom. The number of aromatic nitrogens is 2. The van der Waals surface area contributed by atoms with Crippen LogP contribution in [0.15, 0.2) is 18.2 Å². The summed E-state index contributed by atoms with van der Waals surface area (Å²) >= 11 is 1.50. The zero-order valence-electron chi connectivity index (χ0n) is 15.6. The molecule has 28 heavy (non-hydrogen) atoms. The number of nitrogens with one attached hydrogen (secondary N) is 3. The molecule has 0 unspecified atom stereocenters. The van der Waals surface area contributed by atoms with E-state index < -0.39 is 0 Å². The summed E-state index contributed by atoms with van der Waals surface area (Å²) in [5, 5.41) is 14.5. The van der Waals surface area contributed by atoms with Crippen molar-refractivity contribution < 1.29 is 9.59 Å². The molecule has 6 nitrogen and oxygen atoms in total. The number of carbonyl (C=O) groups excluding carboxylic acids is 2. The summed E-state index contributed by atoms with van der Waals surface area (Å²) in [6.45, 7) is 1.09. The van der Waals surface area contributed by atoms with E-state index in [1.165, 1.54) is 41.9 Å². The molecule has 0 saturated heterocycles. The van der Waals surface area contributed by atoms with Gasteiger partial charge in [0, 0.05) is 22.5 Å². The maximum atomic E-state index is 12.7. The SMILES string of the molecule is O=C(NCc1n[nH]c2c1CCCCC2)c1ccc2sc3c(c2c1)CCNC3=O. The van der Waals surface area contributed by atoms with E-state index in [0.29, 0.717) is 18.7 Å². The second-order valence-electron chi connectivity index (χ2n) is 7.50. The van der Waals surface area contributed by atoms with Crippen molar-refractivity contribution >= 4 is 33.2 Å². The number of rotatable bonds is 3. The molecule has 3 N–H and O–H groups in total. The Balaban J connectivity index is 1.36. The van der Waals surface area contributed by atoms with Crippen molar-refractivity contribution in [3.8, 4) is 0 Å². The molecule has 3 heterocycles. The van der Waals surface area contributed by atoms with E-state index in [1.54, 1.807) is 0 Å². The number of H-pyrrole nitrogens is 1. The summed E-state index contributed by atoms with van der Waals surface area (Å²) in [6, 6.07) is 5.70. The second-order valence-corrected chi connectivity index (χ2v) is 8.55. The number of fused-ring (bicyclic) bond motifs is 4. The number of thiophene rings is 1. The van der Waals surface area contributed by atoms with Crippen molar-refractivity contribution in [3.63, 3.8) is 0 Å². The Morgan fingerprint density at radius 2 is 2.04 bits per heavy atom. The molecule has 3 aromatic rings. The lowest BCUT2D eigenvalue weighted by atomic mass is 10.0. The summed E-state index contributed by atoms with van der Waals surface area (Å²) < 4.78 is 1.05. The van der Waals surface area contributed by atoms with Gasteiger partial charge in [0.1, 0.15) is 0 Å². The third-order valence-electron chi connectivity index (χ3n) is 5.73. The van der Waals surface area contributed by atoms with Gasteiger partial charge in [-0.3, -0.25) is 14.7 Å². The van der Waals surface area contributed by atoms with Crippen LogP contribution in [0.1, 0.15) is 61.8 Å². The number of benzene rings is 1. The molecule has 5 rings (SSSR count). The summed E-state index contributed by atoms with van der Waals surface area (Å²) in [5.74, 6) is -0.111. The smallest absolute Gasteiger partial charge is 0.261 e. The minimum absolute atomic E-state index is 0.00678. The highest BCUT2D eigenvalue weighted by Crippen LogP contribution is 2.34. The first-order valence-corrected chi connectivity index (χ1v) is 10.7. The molecule has 7 heteroatoms. The Bertz CT molecular complexity index is 1080. The standard InChI is InChI=1S/C21H22N4O2S/c26-20(23-11-17-14-4-2-1-3-5-16(14)24-25-17)12-6-7-18-15(10-12)13-8-9-22-21(27)19(13)28-18/h6-7,10H,1-5,8-9,11H2,(H,22,27)(H,23,26)(H,24,25). The van der Waals surface area contributed by atoms with Crippen molar-refractivity contribution in [1.29, 1.82) is 0 Å². The molecular weight excluding hydrogens is 372 g/mol. The van der Waals surface area contributed by atoms with E-state index in [9.17, 15) is 9.59 Å². The highest BCUT2D eigenvalue weighted by atomic mass is 32.1. The molecule has 0 atom stereocenters. The molecule has 2 amide bonds. The van der Waals surface area contributed by atoms with Crippen LogP contribution in [0.3, 0.4) is 0 Å². The largest absolute Gasteiger partial charge is 0.351 e. The number of hydrogen-bond acceptors (Lipinski definition) is 4. The van der Waals surface area contributed by atoms with Crippen LogP contribution >= 0.6 is 11.3 Å². The van der Waals surface area contributed by atoms with Crippen LogP contribution in [0.25, 0.3) is 10.1 Å². The van der Waals surface area contributed by atoms with E-state index in [2.05, 4.69) is 20.8 Å². The van der Waals surface area contributed by atoms with Gasteiger partial charge in [-0.1, -0.05) is 6.42 Å². The first-order chi connectivity index (χ1) is 13.7. The summed E-state index contributed by atoms with van der Waals surface area (Å²) in [4.78, 5) is 25.6. The van der Waals surface area contributed by atoms with E-state index >= 15 is 0 Å². The predicted molar refractivity (Wildman–Crippen MR) is 109 cm³/mol. The van der Waals surface area contributed by atoms with Crippen LogP contribution in [0.2, 0.25) is 0 Å². The van der Waals surface area contributed by atoms with E-state index in [-0.39, 0.29) is 11.8 Å². The molecule has 0 radical (unpaired) electrons. The van der Waals surface area contributed by atoms with Crippen molar-refractivity contribution in [2.45, 2.75) is 45.1 Å². The topological polar surface area (TPSA) is 86.9 Å². The molecule has 1 aliphatic carbocycles. The van der Waals surface area contributed by atoms with Gasteiger partial charge < -0.3 is 10.6 Å². The van der Waals surface area contributed by atoms with Gasteiger partial charge in [0.25, 0.3) is 11.8 Å². The van der Waals surface area contributed by atoms with Gasteiger partial charge in [0.05, 0.1) is 17.1 Å². The number of aromatic amines is 1. The quantitative estimate of drug-likeness (QED) is 0.597. The zero-order chi connectivity index (χ0) is 19.1. The van der Waals surface area contributed by atoms with Gasteiger partial charge >= 0.3 is 0 Å².